The summed E-state index contributed by atoms with van der Waals surface area (Å²) in [7, 11) is 1.93. The van der Waals surface area contributed by atoms with Crippen LogP contribution in [0.3, 0.4) is 0 Å². The van der Waals surface area contributed by atoms with Crippen LogP contribution in [0.5, 0.6) is 11.5 Å². The average Bonchev–Trinajstić information content (AvgIpc) is 2.75. The highest BCUT2D eigenvalue weighted by atomic mass is 79.9. The third-order valence-corrected chi connectivity index (χ3v) is 4.04. The first-order valence-electron chi connectivity index (χ1n) is 6.41. The number of aromatic nitrogens is 2. The van der Waals surface area contributed by atoms with E-state index in [2.05, 4.69) is 47.0 Å². The molecule has 102 valence electrons. The third kappa shape index (κ3) is 2.20. The predicted octanol–water partition coefficient (Wildman–Crippen LogP) is 4.74. The van der Waals surface area contributed by atoms with Crippen LogP contribution in [-0.2, 0) is 7.05 Å². The molecule has 0 aliphatic rings. The number of benzene rings is 2. The van der Waals surface area contributed by atoms with Gasteiger partial charge in [-0.15, -0.1) is 0 Å². The molecule has 0 fully saturated rings. The van der Waals surface area contributed by atoms with Crippen molar-refractivity contribution in [1.29, 1.82) is 0 Å². The van der Waals surface area contributed by atoms with Crippen molar-refractivity contribution >= 4 is 26.8 Å². The largest absolute Gasteiger partial charge is 0.456 e. The highest BCUT2D eigenvalue weighted by Gasteiger charge is 2.10. The van der Waals surface area contributed by atoms with Crippen LogP contribution in [0.15, 0.2) is 41.0 Å². The second kappa shape index (κ2) is 4.94. The summed E-state index contributed by atoms with van der Waals surface area (Å²) in [5, 5.41) is 5.33. The van der Waals surface area contributed by atoms with E-state index in [4.69, 9.17) is 4.74 Å². The molecule has 0 atom stereocenters. The fourth-order valence-corrected chi connectivity index (χ4v) is 2.71. The van der Waals surface area contributed by atoms with E-state index in [0.717, 1.165) is 38.0 Å². The van der Waals surface area contributed by atoms with Crippen LogP contribution in [0.2, 0.25) is 0 Å². The summed E-state index contributed by atoms with van der Waals surface area (Å²) >= 11 is 3.58. The van der Waals surface area contributed by atoms with Gasteiger partial charge in [-0.1, -0.05) is 18.2 Å². The summed E-state index contributed by atoms with van der Waals surface area (Å²) < 4.78 is 8.88. The van der Waals surface area contributed by atoms with Gasteiger partial charge in [-0.05, 0) is 53.0 Å². The predicted molar refractivity (Wildman–Crippen MR) is 84.4 cm³/mol. The zero-order valence-electron chi connectivity index (χ0n) is 11.6. The van der Waals surface area contributed by atoms with Crippen molar-refractivity contribution in [3.05, 3.63) is 52.1 Å². The maximum absolute atomic E-state index is 6.10. The van der Waals surface area contributed by atoms with Gasteiger partial charge in [0.15, 0.2) is 0 Å². The lowest BCUT2D eigenvalue weighted by molar-refractivity contribution is 0.473. The quantitative estimate of drug-likeness (QED) is 0.678. The van der Waals surface area contributed by atoms with E-state index < -0.39 is 0 Å². The van der Waals surface area contributed by atoms with Gasteiger partial charge in [0.25, 0.3) is 0 Å². The SMILES string of the molecule is Cc1cccc(C)c1Oc1cc2cnn(C)c2cc1Br. The Hall–Kier alpha value is -1.81. The van der Waals surface area contributed by atoms with E-state index >= 15 is 0 Å². The van der Waals surface area contributed by atoms with Crippen LogP contribution >= 0.6 is 15.9 Å². The number of aryl methyl sites for hydroxylation is 3. The standard InChI is InChI=1S/C16H15BrN2O/c1-10-5-4-6-11(2)16(10)20-15-7-12-9-18-19(3)14(12)8-13(15)17/h4-9H,1-3H3. The Labute approximate surface area is 126 Å². The normalized spacial score (nSPS) is 11.0. The molecule has 0 saturated heterocycles. The molecule has 0 aliphatic carbocycles. The first kappa shape index (κ1) is 13.2. The van der Waals surface area contributed by atoms with Crippen LogP contribution in [0, 0.1) is 13.8 Å². The number of ether oxygens (including phenoxy) is 1. The molecule has 1 heterocycles. The maximum atomic E-state index is 6.10. The number of hydrogen-bond acceptors (Lipinski definition) is 2. The van der Waals surface area contributed by atoms with Crippen molar-refractivity contribution in [3.63, 3.8) is 0 Å². The van der Waals surface area contributed by atoms with Gasteiger partial charge < -0.3 is 4.74 Å². The lowest BCUT2D eigenvalue weighted by atomic mass is 10.1. The lowest BCUT2D eigenvalue weighted by Gasteiger charge is -2.13. The molecule has 3 aromatic rings. The first-order valence-corrected chi connectivity index (χ1v) is 7.21. The Bertz CT molecular complexity index is 772. The summed E-state index contributed by atoms with van der Waals surface area (Å²) in [6.45, 7) is 4.11. The monoisotopic (exact) mass is 330 g/mol. The van der Waals surface area contributed by atoms with E-state index in [9.17, 15) is 0 Å². The van der Waals surface area contributed by atoms with Gasteiger partial charge in [0.2, 0.25) is 0 Å². The molecule has 0 N–H and O–H groups in total. The number of rotatable bonds is 2. The fourth-order valence-electron chi connectivity index (χ4n) is 2.30. The van der Waals surface area contributed by atoms with E-state index in [1.54, 1.807) is 0 Å². The smallest absolute Gasteiger partial charge is 0.142 e. The highest BCUT2D eigenvalue weighted by molar-refractivity contribution is 9.10. The minimum atomic E-state index is 0.808. The van der Waals surface area contributed by atoms with Gasteiger partial charge in [0.1, 0.15) is 11.5 Å². The molecular formula is C16H15BrN2O. The molecule has 0 bridgehead atoms. The van der Waals surface area contributed by atoms with Crippen LogP contribution in [0.25, 0.3) is 10.9 Å². The highest BCUT2D eigenvalue weighted by Crippen LogP contribution is 2.36. The third-order valence-electron chi connectivity index (χ3n) is 3.42. The van der Waals surface area contributed by atoms with Crippen molar-refractivity contribution in [3.8, 4) is 11.5 Å². The Morgan fingerprint density at radius 1 is 1.15 bits per heavy atom. The molecule has 3 rings (SSSR count). The Balaban J connectivity index is 2.09. The van der Waals surface area contributed by atoms with Crippen LogP contribution in [0.1, 0.15) is 11.1 Å². The van der Waals surface area contributed by atoms with Gasteiger partial charge in [0, 0.05) is 12.4 Å². The first-order chi connectivity index (χ1) is 9.56. The molecule has 0 unspecified atom stereocenters. The number of nitrogens with zero attached hydrogens (tertiary/aromatic N) is 2. The summed E-state index contributed by atoms with van der Waals surface area (Å²) in [5.74, 6) is 1.72. The molecule has 3 nitrogen and oxygen atoms in total. The molecule has 4 heteroatoms. The number of halogens is 1. The van der Waals surface area contributed by atoms with Gasteiger partial charge in [-0.25, -0.2) is 0 Å². The van der Waals surface area contributed by atoms with Gasteiger partial charge in [-0.3, -0.25) is 4.68 Å². The number of fused-ring (bicyclic) bond motifs is 1. The summed E-state index contributed by atoms with van der Waals surface area (Å²) in [6.07, 6.45) is 1.85. The second-order valence-electron chi connectivity index (χ2n) is 4.93. The van der Waals surface area contributed by atoms with Crippen molar-refractivity contribution in [2.75, 3.05) is 0 Å². The molecule has 0 spiro atoms. The Kier molecular flexibility index (Phi) is 3.26. The molecule has 1 aromatic heterocycles. The van der Waals surface area contributed by atoms with Crippen LogP contribution < -0.4 is 4.74 Å². The van der Waals surface area contributed by atoms with E-state index in [1.807, 2.05) is 36.1 Å². The topological polar surface area (TPSA) is 27.1 Å². The number of para-hydroxylation sites is 1. The average molecular weight is 331 g/mol. The molecule has 0 amide bonds. The molecule has 20 heavy (non-hydrogen) atoms. The van der Waals surface area contributed by atoms with Crippen LogP contribution in [0.4, 0.5) is 0 Å². The fraction of sp³-hybridized carbons (Fsp3) is 0.188. The molecule has 0 saturated carbocycles. The molecule has 2 aromatic carbocycles. The molecule has 0 aliphatic heterocycles. The van der Waals surface area contributed by atoms with E-state index in [1.165, 1.54) is 0 Å². The summed E-state index contributed by atoms with van der Waals surface area (Å²) in [5.41, 5.74) is 3.33. The van der Waals surface area contributed by atoms with E-state index in [-0.39, 0.29) is 0 Å². The second-order valence-corrected chi connectivity index (χ2v) is 5.79. The van der Waals surface area contributed by atoms with Crippen molar-refractivity contribution < 1.29 is 4.74 Å². The van der Waals surface area contributed by atoms with Crippen molar-refractivity contribution in [2.24, 2.45) is 7.05 Å². The number of hydrogen-bond donors (Lipinski definition) is 0. The summed E-state index contributed by atoms with van der Waals surface area (Å²) in [4.78, 5) is 0. The Morgan fingerprint density at radius 3 is 2.55 bits per heavy atom. The van der Waals surface area contributed by atoms with E-state index in [0.29, 0.717) is 0 Å². The zero-order valence-corrected chi connectivity index (χ0v) is 13.2. The Morgan fingerprint density at radius 2 is 1.85 bits per heavy atom. The van der Waals surface area contributed by atoms with Gasteiger partial charge in [-0.2, -0.15) is 5.10 Å². The van der Waals surface area contributed by atoms with Gasteiger partial charge in [0.05, 0.1) is 16.2 Å². The van der Waals surface area contributed by atoms with Crippen LogP contribution in [-0.4, -0.2) is 9.78 Å². The van der Waals surface area contributed by atoms with Crippen molar-refractivity contribution in [1.82, 2.24) is 9.78 Å². The summed E-state index contributed by atoms with van der Waals surface area (Å²) in [6, 6.07) is 10.2. The lowest BCUT2D eigenvalue weighted by Crippen LogP contribution is -1.93. The maximum Gasteiger partial charge on any atom is 0.142 e. The van der Waals surface area contributed by atoms with Gasteiger partial charge >= 0.3 is 0 Å². The molecule has 0 radical (unpaired) electrons. The molecular weight excluding hydrogens is 316 g/mol. The minimum Gasteiger partial charge on any atom is -0.456 e. The van der Waals surface area contributed by atoms with Crippen molar-refractivity contribution in [2.45, 2.75) is 13.8 Å². The zero-order chi connectivity index (χ0) is 14.3. The minimum absolute atomic E-state index is 0.808.